The zero-order chi connectivity index (χ0) is 18.8. The highest BCUT2D eigenvalue weighted by atomic mass is 79.9. The van der Waals surface area contributed by atoms with Crippen LogP contribution in [0, 0.1) is 0 Å². The molecule has 1 atom stereocenters. The van der Waals surface area contributed by atoms with Gasteiger partial charge < -0.3 is 14.8 Å². The second kappa shape index (κ2) is 7.74. The van der Waals surface area contributed by atoms with Crippen LogP contribution in [-0.4, -0.2) is 28.0 Å². The first kappa shape index (κ1) is 18.1. The van der Waals surface area contributed by atoms with Gasteiger partial charge in [0, 0.05) is 21.3 Å². The lowest BCUT2D eigenvalue weighted by molar-refractivity contribution is 0.223. The predicted molar refractivity (Wildman–Crippen MR) is 109 cm³/mol. The summed E-state index contributed by atoms with van der Waals surface area (Å²) in [5.41, 5.74) is 3.34. The first-order valence-corrected chi connectivity index (χ1v) is 10.4. The number of nitrogens with zero attached hydrogens (tertiary/aromatic N) is 3. The van der Waals surface area contributed by atoms with Crippen LogP contribution in [0.25, 0.3) is 11.3 Å². The van der Waals surface area contributed by atoms with E-state index in [1.807, 2.05) is 55.6 Å². The van der Waals surface area contributed by atoms with Crippen LogP contribution in [0.4, 0.5) is 5.69 Å². The number of hydrogen-bond acceptors (Lipinski definition) is 7. The van der Waals surface area contributed by atoms with Crippen molar-refractivity contribution in [3.8, 4) is 22.9 Å². The number of anilines is 1. The zero-order valence-corrected chi connectivity index (χ0v) is 17.2. The minimum atomic E-state index is -0.464. The molecule has 0 amide bonds. The molecule has 0 fully saturated rings. The van der Waals surface area contributed by atoms with E-state index in [1.54, 1.807) is 0 Å². The van der Waals surface area contributed by atoms with E-state index >= 15 is 0 Å². The van der Waals surface area contributed by atoms with Gasteiger partial charge in [-0.25, -0.2) is 0 Å². The fraction of sp³-hybridized carbons (Fsp3) is 0.211. The number of benzene rings is 2. The Labute approximate surface area is 169 Å². The van der Waals surface area contributed by atoms with Gasteiger partial charge in [-0.05, 0) is 37.4 Å². The van der Waals surface area contributed by atoms with Crippen molar-refractivity contribution in [1.29, 1.82) is 0 Å². The topological polar surface area (TPSA) is 69.2 Å². The van der Waals surface area contributed by atoms with Crippen LogP contribution in [0.5, 0.6) is 11.6 Å². The lowest BCUT2D eigenvalue weighted by Gasteiger charge is -2.21. The average Bonchev–Trinajstić information content (AvgIpc) is 2.85. The van der Waals surface area contributed by atoms with Gasteiger partial charge in [-0.3, -0.25) is 0 Å². The number of halogens is 1. The molecule has 27 heavy (non-hydrogen) atoms. The highest BCUT2D eigenvalue weighted by molar-refractivity contribution is 9.10. The zero-order valence-electron chi connectivity index (χ0n) is 14.8. The maximum atomic E-state index is 6.26. The Morgan fingerprint density at radius 2 is 2.07 bits per heavy atom. The van der Waals surface area contributed by atoms with Gasteiger partial charge in [0.2, 0.25) is 11.0 Å². The van der Waals surface area contributed by atoms with Crippen molar-refractivity contribution in [2.75, 3.05) is 18.2 Å². The average molecular weight is 445 g/mol. The summed E-state index contributed by atoms with van der Waals surface area (Å²) in [7, 11) is 0. The van der Waals surface area contributed by atoms with Gasteiger partial charge in [-0.15, -0.1) is 10.2 Å². The number of aromatic nitrogens is 3. The maximum absolute atomic E-state index is 6.26. The van der Waals surface area contributed by atoms with Crippen LogP contribution >= 0.6 is 27.7 Å². The van der Waals surface area contributed by atoms with Crippen LogP contribution in [0.2, 0.25) is 0 Å². The van der Waals surface area contributed by atoms with Crippen molar-refractivity contribution in [3.05, 3.63) is 52.5 Å². The van der Waals surface area contributed by atoms with Gasteiger partial charge in [0.05, 0.1) is 6.61 Å². The highest BCUT2D eigenvalue weighted by Gasteiger charge is 2.27. The van der Waals surface area contributed by atoms with Crippen molar-refractivity contribution in [2.45, 2.75) is 18.3 Å². The second-order valence-corrected chi connectivity index (χ2v) is 7.38. The van der Waals surface area contributed by atoms with E-state index in [2.05, 4.69) is 36.4 Å². The summed E-state index contributed by atoms with van der Waals surface area (Å²) in [6, 6.07) is 13.7. The molecular weight excluding hydrogens is 428 g/mol. The lowest BCUT2D eigenvalue weighted by Crippen LogP contribution is -2.18. The van der Waals surface area contributed by atoms with Gasteiger partial charge in [-0.1, -0.05) is 45.9 Å². The van der Waals surface area contributed by atoms with Gasteiger partial charge >= 0.3 is 0 Å². The van der Waals surface area contributed by atoms with Crippen molar-refractivity contribution >= 4 is 33.4 Å². The van der Waals surface area contributed by atoms with Crippen molar-refractivity contribution in [2.24, 2.45) is 0 Å². The molecule has 1 aliphatic rings. The number of hydrogen-bond donors (Lipinski definition) is 1. The Hall–Kier alpha value is -2.32. The van der Waals surface area contributed by atoms with E-state index in [0.717, 1.165) is 27.0 Å². The molecule has 1 unspecified atom stereocenters. The molecule has 6 nitrogen and oxygen atoms in total. The summed E-state index contributed by atoms with van der Waals surface area (Å²) in [5, 5.41) is 12.5. The molecule has 0 saturated carbocycles. The molecule has 2 heterocycles. The molecule has 4 rings (SSSR count). The molecule has 0 spiro atoms. The molecule has 3 aromatic rings. The predicted octanol–water partition coefficient (Wildman–Crippen LogP) is 4.92. The van der Waals surface area contributed by atoms with Crippen molar-refractivity contribution in [3.63, 3.8) is 0 Å². The van der Waals surface area contributed by atoms with Gasteiger partial charge in [0.1, 0.15) is 5.75 Å². The summed E-state index contributed by atoms with van der Waals surface area (Å²) >= 11 is 5.05. The number of thioether (sulfide) groups is 1. The van der Waals surface area contributed by atoms with E-state index in [9.17, 15) is 0 Å². The van der Waals surface area contributed by atoms with E-state index in [0.29, 0.717) is 23.3 Å². The molecule has 138 valence electrons. The van der Waals surface area contributed by atoms with Crippen molar-refractivity contribution in [1.82, 2.24) is 15.2 Å². The monoisotopic (exact) mass is 444 g/mol. The lowest BCUT2D eigenvalue weighted by atomic mass is 10.1. The summed E-state index contributed by atoms with van der Waals surface area (Å²) < 4.78 is 12.8. The number of nitrogens with one attached hydrogen (secondary N) is 1. The number of rotatable bonds is 4. The van der Waals surface area contributed by atoms with Crippen LogP contribution in [0.1, 0.15) is 18.7 Å². The molecule has 2 aromatic carbocycles. The Bertz CT molecular complexity index is 986. The maximum Gasteiger partial charge on any atom is 0.247 e. The Morgan fingerprint density at radius 3 is 2.89 bits per heavy atom. The van der Waals surface area contributed by atoms with Crippen LogP contribution in [-0.2, 0) is 0 Å². The Morgan fingerprint density at radius 1 is 1.22 bits per heavy atom. The molecule has 8 heteroatoms. The van der Waals surface area contributed by atoms with Gasteiger partial charge in [0.25, 0.3) is 0 Å². The highest BCUT2D eigenvalue weighted by Crippen LogP contribution is 2.41. The third-order valence-electron chi connectivity index (χ3n) is 4.08. The SMILES string of the molecule is CCOc1ccc(Br)c(C2Nc3ccccc3-c3nnc(SC)nc3O2)c1. The fourth-order valence-electron chi connectivity index (χ4n) is 2.85. The summed E-state index contributed by atoms with van der Waals surface area (Å²) in [5.74, 6) is 1.23. The first-order valence-electron chi connectivity index (χ1n) is 8.43. The molecule has 1 aromatic heterocycles. The third-order valence-corrected chi connectivity index (χ3v) is 5.34. The molecule has 0 radical (unpaired) electrons. The van der Waals surface area contributed by atoms with Crippen LogP contribution in [0.3, 0.4) is 0 Å². The molecule has 0 bridgehead atoms. The van der Waals surface area contributed by atoms with Crippen LogP contribution < -0.4 is 14.8 Å². The third kappa shape index (κ3) is 3.59. The van der Waals surface area contributed by atoms with E-state index in [1.165, 1.54) is 11.8 Å². The molecular formula is C19H17BrN4O2S. The number of para-hydroxylation sites is 1. The van der Waals surface area contributed by atoms with E-state index < -0.39 is 6.23 Å². The van der Waals surface area contributed by atoms with E-state index in [4.69, 9.17) is 9.47 Å². The minimum Gasteiger partial charge on any atom is -0.494 e. The summed E-state index contributed by atoms with van der Waals surface area (Å²) in [4.78, 5) is 4.54. The quantitative estimate of drug-likeness (QED) is 0.572. The van der Waals surface area contributed by atoms with Crippen molar-refractivity contribution < 1.29 is 9.47 Å². The summed E-state index contributed by atoms with van der Waals surface area (Å²) in [6.45, 7) is 2.56. The molecule has 0 saturated heterocycles. The minimum absolute atomic E-state index is 0.450. The largest absolute Gasteiger partial charge is 0.494 e. The van der Waals surface area contributed by atoms with Gasteiger partial charge in [0.15, 0.2) is 11.9 Å². The second-order valence-electron chi connectivity index (χ2n) is 5.76. The Kier molecular flexibility index (Phi) is 5.18. The standard InChI is InChI=1S/C19H17BrN4O2S/c1-3-25-11-8-9-14(20)13(10-11)17-21-15-7-5-4-6-12(15)16-18(26-17)22-19(27-2)24-23-16/h4-10,17,21H,3H2,1-2H3. The first-order chi connectivity index (χ1) is 13.2. The normalized spacial score (nSPS) is 15.0. The number of ether oxygens (including phenoxy) is 2. The molecule has 0 aliphatic carbocycles. The smallest absolute Gasteiger partial charge is 0.247 e. The van der Waals surface area contributed by atoms with Crippen LogP contribution in [0.15, 0.2) is 52.1 Å². The van der Waals surface area contributed by atoms with Gasteiger partial charge in [-0.2, -0.15) is 4.98 Å². The summed E-state index contributed by atoms with van der Waals surface area (Å²) in [6.07, 6.45) is 1.44. The fourth-order valence-corrected chi connectivity index (χ4v) is 3.60. The van der Waals surface area contributed by atoms with E-state index in [-0.39, 0.29) is 0 Å². The Balaban J connectivity index is 1.84. The molecule has 1 aliphatic heterocycles. The molecule has 1 N–H and O–H groups in total. The number of fused-ring (bicyclic) bond motifs is 3.